The molecule has 1 amide bonds. The van der Waals surface area contributed by atoms with Gasteiger partial charge in [-0.25, -0.2) is 27.8 Å². The number of nitrogens with one attached hydrogen (secondary N) is 2. The number of carbonyl (C=O) groups is 1. The lowest BCUT2D eigenvalue weighted by Gasteiger charge is -2.25. The van der Waals surface area contributed by atoms with Gasteiger partial charge in [-0.3, -0.25) is 4.79 Å². The number of benzene rings is 1. The molecule has 9 nitrogen and oxygen atoms in total. The summed E-state index contributed by atoms with van der Waals surface area (Å²) in [7, 11) is -2.94. The second-order valence-electron chi connectivity index (χ2n) is 10.3. The number of nitrogens with zero attached hydrogens (tertiary/aromatic N) is 3. The van der Waals surface area contributed by atoms with Crippen molar-refractivity contribution in [1.29, 1.82) is 0 Å². The van der Waals surface area contributed by atoms with Gasteiger partial charge in [-0.05, 0) is 49.8 Å². The Labute approximate surface area is 224 Å². The number of halogens is 1. The number of ether oxygens (including phenoxy) is 1. The number of anilines is 2. The van der Waals surface area contributed by atoms with Crippen LogP contribution in [0, 0.1) is 17.7 Å². The molecule has 12 heteroatoms. The number of thiazole rings is 1. The van der Waals surface area contributed by atoms with E-state index in [0.29, 0.717) is 28.8 Å². The SMILES string of the molecule is CC(=O)Nc1cccc(-c2nc(C3CCOC(C)C3)sc2-c2ccnc(NC3C4CS(=O)(=O)CC43)n2)c1F. The molecule has 6 rings (SSSR count). The van der Waals surface area contributed by atoms with Gasteiger partial charge in [-0.15, -0.1) is 11.3 Å². The van der Waals surface area contributed by atoms with Crippen LogP contribution in [0.4, 0.5) is 16.0 Å². The average Bonchev–Trinajstić information content (AvgIpc) is 3.20. The highest BCUT2D eigenvalue weighted by molar-refractivity contribution is 7.91. The smallest absolute Gasteiger partial charge is 0.223 e. The van der Waals surface area contributed by atoms with E-state index in [0.717, 1.165) is 17.8 Å². The number of hydrogen-bond acceptors (Lipinski definition) is 9. The Hall–Kier alpha value is -2.96. The van der Waals surface area contributed by atoms with E-state index >= 15 is 4.39 Å². The molecule has 4 heterocycles. The largest absolute Gasteiger partial charge is 0.378 e. The van der Waals surface area contributed by atoms with Gasteiger partial charge in [-0.1, -0.05) is 6.07 Å². The van der Waals surface area contributed by atoms with Crippen LogP contribution >= 0.6 is 11.3 Å². The lowest BCUT2D eigenvalue weighted by atomic mass is 9.97. The summed E-state index contributed by atoms with van der Waals surface area (Å²) < 4.78 is 45.0. The van der Waals surface area contributed by atoms with E-state index in [9.17, 15) is 13.2 Å². The first kappa shape index (κ1) is 25.3. The van der Waals surface area contributed by atoms with Gasteiger partial charge in [-0.2, -0.15) is 0 Å². The number of hydrogen-bond donors (Lipinski definition) is 2. The minimum Gasteiger partial charge on any atom is -0.378 e. The number of fused-ring (bicyclic) bond motifs is 1. The van der Waals surface area contributed by atoms with Crippen LogP contribution in [0.15, 0.2) is 30.5 Å². The maximum absolute atomic E-state index is 15.6. The summed E-state index contributed by atoms with van der Waals surface area (Å²) in [6, 6.07) is 6.68. The third-order valence-corrected chi connectivity index (χ3v) is 10.5. The van der Waals surface area contributed by atoms with Gasteiger partial charge in [0.2, 0.25) is 11.9 Å². The Morgan fingerprint density at radius 1 is 1.18 bits per heavy atom. The van der Waals surface area contributed by atoms with Gasteiger partial charge in [0.1, 0.15) is 0 Å². The fraction of sp³-hybridized carbons (Fsp3) is 0.462. The van der Waals surface area contributed by atoms with Crippen LogP contribution in [0.25, 0.3) is 21.8 Å². The second-order valence-corrected chi connectivity index (χ2v) is 13.5. The highest BCUT2D eigenvalue weighted by atomic mass is 32.2. The van der Waals surface area contributed by atoms with Gasteiger partial charge in [0.25, 0.3) is 0 Å². The number of sulfone groups is 1. The minimum absolute atomic E-state index is 0.0424. The third-order valence-electron chi connectivity index (χ3n) is 7.45. The van der Waals surface area contributed by atoms with Crippen LogP contribution in [-0.4, -0.2) is 59.5 Å². The number of rotatable bonds is 6. The predicted molar refractivity (Wildman–Crippen MR) is 143 cm³/mol. The fourth-order valence-corrected chi connectivity index (χ4v) is 8.98. The van der Waals surface area contributed by atoms with E-state index in [-0.39, 0.29) is 58.6 Å². The van der Waals surface area contributed by atoms with Gasteiger partial charge in [0.15, 0.2) is 15.7 Å². The molecule has 1 aromatic carbocycles. The summed E-state index contributed by atoms with van der Waals surface area (Å²) in [5.41, 5.74) is 1.44. The summed E-state index contributed by atoms with van der Waals surface area (Å²) in [5.74, 6) is 0.270. The fourth-order valence-electron chi connectivity index (χ4n) is 5.56. The average molecular weight is 558 g/mol. The predicted octanol–water partition coefficient (Wildman–Crippen LogP) is 4.10. The maximum Gasteiger partial charge on any atom is 0.223 e. The van der Waals surface area contributed by atoms with Crippen molar-refractivity contribution in [2.75, 3.05) is 28.7 Å². The van der Waals surface area contributed by atoms with Crippen LogP contribution in [0.1, 0.15) is 37.6 Å². The van der Waals surface area contributed by atoms with Crippen molar-refractivity contribution >= 4 is 38.7 Å². The molecule has 2 aromatic heterocycles. The maximum atomic E-state index is 15.6. The van der Waals surface area contributed by atoms with Crippen LogP contribution in [0.5, 0.6) is 0 Å². The molecule has 4 unspecified atom stereocenters. The Bertz CT molecular complexity index is 1490. The molecule has 0 spiro atoms. The molecule has 3 aliphatic rings. The minimum atomic E-state index is -2.94. The first-order chi connectivity index (χ1) is 18.2. The molecule has 4 atom stereocenters. The highest BCUT2D eigenvalue weighted by Gasteiger charge is 2.59. The normalized spacial score (nSPS) is 27.5. The number of amides is 1. The first-order valence-corrected chi connectivity index (χ1v) is 15.3. The molecular formula is C26H28FN5O4S2. The Kier molecular flexibility index (Phi) is 6.43. The molecule has 3 aromatic rings. The molecule has 2 N–H and O–H groups in total. The standard InChI is InChI=1S/C26H28FN5O4S2/c1-13-10-15(7-9-36-13)25-31-23(16-4-3-5-19(21(16)27)29-14(2)33)24(37-25)20-6-8-28-26(30-20)32-22-17-11-38(34,35)12-18(17)22/h3-6,8,13,15,17-18,22H,7,9-12H2,1-2H3,(H,29,33)(H,28,30,32). The zero-order valence-electron chi connectivity index (χ0n) is 21.0. The Morgan fingerprint density at radius 2 is 1.97 bits per heavy atom. The van der Waals surface area contributed by atoms with Crippen molar-refractivity contribution in [1.82, 2.24) is 15.0 Å². The summed E-state index contributed by atoms with van der Waals surface area (Å²) in [6.07, 6.45) is 3.41. The second kappa shape index (κ2) is 9.65. The highest BCUT2D eigenvalue weighted by Crippen LogP contribution is 2.48. The quantitative estimate of drug-likeness (QED) is 0.464. The lowest BCUT2D eigenvalue weighted by Crippen LogP contribution is -2.21. The summed E-state index contributed by atoms with van der Waals surface area (Å²) in [6.45, 7) is 4.02. The van der Waals surface area contributed by atoms with E-state index < -0.39 is 15.7 Å². The van der Waals surface area contributed by atoms with Crippen LogP contribution in [0.2, 0.25) is 0 Å². The van der Waals surface area contributed by atoms with Crippen LogP contribution in [0.3, 0.4) is 0 Å². The molecule has 38 heavy (non-hydrogen) atoms. The monoisotopic (exact) mass is 557 g/mol. The topological polar surface area (TPSA) is 123 Å². The molecule has 1 aliphatic carbocycles. The van der Waals surface area contributed by atoms with Crippen molar-refractivity contribution in [3.05, 3.63) is 41.3 Å². The van der Waals surface area contributed by atoms with E-state index in [1.807, 2.05) is 6.92 Å². The van der Waals surface area contributed by atoms with Gasteiger partial charge >= 0.3 is 0 Å². The van der Waals surface area contributed by atoms with E-state index in [2.05, 4.69) is 15.6 Å². The molecule has 1 saturated carbocycles. The van der Waals surface area contributed by atoms with E-state index in [4.69, 9.17) is 14.7 Å². The number of aromatic nitrogens is 3. The van der Waals surface area contributed by atoms with E-state index in [1.165, 1.54) is 24.3 Å². The Balaban J connectivity index is 1.36. The van der Waals surface area contributed by atoms with Crippen molar-refractivity contribution in [2.24, 2.45) is 11.8 Å². The molecule has 3 fully saturated rings. The molecule has 2 aliphatic heterocycles. The molecule has 2 saturated heterocycles. The molecule has 0 radical (unpaired) electrons. The van der Waals surface area contributed by atoms with Crippen molar-refractivity contribution in [3.63, 3.8) is 0 Å². The zero-order chi connectivity index (χ0) is 26.6. The van der Waals surface area contributed by atoms with Crippen molar-refractivity contribution in [3.8, 4) is 21.8 Å². The Morgan fingerprint density at radius 3 is 2.71 bits per heavy atom. The summed E-state index contributed by atoms with van der Waals surface area (Å²) in [5, 5.41) is 6.74. The lowest BCUT2D eigenvalue weighted by molar-refractivity contribution is -0.114. The van der Waals surface area contributed by atoms with Crippen molar-refractivity contribution in [2.45, 2.75) is 44.8 Å². The van der Waals surface area contributed by atoms with Crippen LogP contribution in [-0.2, 0) is 19.4 Å². The molecule has 0 bridgehead atoms. The number of carbonyl (C=O) groups excluding carboxylic acids is 1. The summed E-state index contributed by atoms with van der Waals surface area (Å²) in [4.78, 5) is 26.3. The van der Waals surface area contributed by atoms with Crippen LogP contribution < -0.4 is 10.6 Å². The van der Waals surface area contributed by atoms with Gasteiger partial charge in [0.05, 0.1) is 44.6 Å². The van der Waals surface area contributed by atoms with Crippen molar-refractivity contribution < 1.29 is 22.3 Å². The zero-order valence-corrected chi connectivity index (χ0v) is 22.6. The first-order valence-electron chi connectivity index (χ1n) is 12.7. The van der Waals surface area contributed by atoms with Gasteiger partial charge < -0.3 is 15.4 Å². The van der Waals surface area contributed by atoms with E-state index in [1.54, 1.807) is 24.4 Å². The van der Waals surface area contributed by atoms with Gasteiger partial charge in [0, 0.05) is 37.3 Å². The summed E-state index contributed by atoms with van der Waals surface area (Å²) >= 11 is 1.49. The molecular weight excluding hydrogens is 529 g/mol. The third kappa shape index (κ3) is 4.92. The molecule has 200 valence electrons.